The van der Waals surface area contributed by atoms with Crippen LogP contribution in [0.3, 0.4) is 0 Å². The third-order valence-corrected chi connectivity index (χ3v) is 2.59. The second-order valence-electron chi connectivity index (χ2n) is 3.85. The number of anilines is 1. The van der Waals surface area contributed by atoms with Crippen molar-refractivity contribution in [3.63, 3.8) is 0 Å². The molecule has 17 heavy (non-hydrogen) atoms. The molecule has 0 saturated carbocycles. The van der Waals surface area contributed by atoms with Gasteiger partial charge in [-0.3, -0.25) is 0 Å². The van der Waals surface area contributed by atoms with E-state index in [1.54, 1.807) is 6.20 Å². The lowest BCUT2D eigenvalue weighted by molar-refractivity contribution is 0.161. The first kappa shape index (κ1) is 11.9. The number of aliphatic hydroxyl groups excluding tert-OH is 1. The SMILES string of the molecule is Cc1cccc(NCC(O)c2c[nH]c(=S)o2)c1. The number of hydrogen-bond acceptors (Lipinski definition) is 4. The lowest BCUT2D eigenvalue weighted by Crippen LogP contribution is -2.11. The van der Waals surface area contributed by atoms with Crippen LogP contribution in [-0.4, -0.2) is 16.6 Å². The van der Waals surface area contributed by atoms with E-state index in [0.29, 0.717) is 12.3 Å². The summed E-state index contributed by atoms with van der Waals surface area (Å²) in [7, 11) is 0. The molecule has 0 fully saturated rings. The Hall–Kier alpha value is -1.59. The van der Waals surface area contributed by atoms with Crippen molar-refractivity contribution in [1.29, 1.82) is 0 Å². The molecule has 1 atom stereocenters. The summed E-state index contributed by atoms with van der Waals surface area (Å²) in [6, 6.07) is 7.95. The van der Waals surface area contributed by atoms with Crippen LogP contribution in [0.15, 0.2) is 34.9 Å². The number of hydrogen-bond donors (Lipinski definition) is 3. The van der Waals surface area contributed by atoms with Gasteiger partial charge in [0.25, 0.3) is 4.84 Å². The molecule has 0 amide bonds. The van der Waals surface area contributed by atoms with Gasteiger partial charge in [0, 0.05) is 18.4 Å². The molecule has 1 aromatic heterocycles. The topological polar surface area (TPSA) is 61.2 Å². The van der Waals surface area contributed by atoms with Crippen molar-refractivity contribution in [3.05, 3.63) is 46.6 Å². The number of rotatable bonds is 4. The number of nitrogens with one attached hydrogen (secondary N) is 2. The maximum absolute atomic E-state index is 9.84. The van der Waals surface area contributed by atoms with E-state index in [0.717, 1.165) is 5.69 Å². The standard InChI is InChI=1S/C12H14N2O2S/c1-8-3-2-4-9(5-8)13-6-10(15)11-7-14-12(17)16-11/h2-5,7,10,13,15H,6H2,1H3,(H,14,17). The Bertz CT molecular complexity index is 547. The summed E-state index contributed by atoms with van der Waals surface area (Å²) in [6.07, 6.45) is 0.855. The lowest BCUT2D eigenvalue weighted by atomic mass is 10.2. The molecule has 5 heteroatoms. The van der Waals surface area contributed by atoms with Crippen LogP contribution in [0.5, 0.6) is 0 Å². The zero-order valence-electron chi connectivity index (χ0n) is 9.43. The molecule has 1 unspecified atom stereocenters. The van der Waals surface area contributed by atoms with Crippen LogP contribution in [-0.2, 0) is 0 Å². The number of aryl methyl sites for hydroxylation is 1. The molecule has 0 aliphatic heterocycles. The van der Waals surface area contributed by atoms with Crippen molar-refractivity contribution in [2.45, 2.75) is 13.0 Å². The molecule has 0 spiro atoms. The molecule has 1 heterocycles. The molecule has 4 nitrogen and oxygen atoms in total. The van der Waals surface area contributed by atoms with E-state index >= 15 is 0 Å². The quantitative estimate of drug-likeness (QED) is 0.730. The minimum Gasteiger partial charge on any atom is -0.432 e. The maximum Gasteiger partial charge on any atom is 0.266 e. The normalized spacial score (nSPS) is 12.4. The molecule has 0 radical (unpaired) electrons. The van der Waals surface area contributed by atoms with Gasteiger partial charge in [0.05, 0.1) is 0 Å². The summed E-state index contributed by atoms with van der Waals surface area (Å²) in [5.41, 5.74) is 2.14. The van der Waals surface area contributed by atoms with E-state index in [1.807, 2.05) is 31.2 Å². The number of aliphatic hydroxyl groups is 1. The van der Waals surface area contributed by atoms with E-state index in [-0.39, 0.29) is 4.84 Å². The Balaban J connectivity index is 1.96. The van der Waals surface area contributed by atoms with Crippen molar-refractivity contribution in [3.8, 4) is 0 Å². The van der Waals surface area contributed by atoms with Gasteiger partial charge in [-0.15, -0.1) is 0 Å². The minimum absolute atomic E-state index is 0.273. The molecule has 0 aliphatic carbocycles. The number of benzene rings is 1. The van der Waals surface area contributed by atoms with E-state index in [9.17, 15) is 5.11 Å². The largest absolute Gasteiger partial charge is 0.432 e. The fourth-order valence-electron chi connectivity index (χ4n) is 1.53. The second-order valence-corrected chi connectivity index (χ2v) is 4.22. The van der Waals surface area contributed by atoms with Crippen molar-refractivity contribution < 1.29 is 9.52 Å². The average molecular weight is 250 g/mol. The Labute approximate surface area is 104 Å². The predicted octanol–water partition coefficient (Wildman–Crippen LogP) is 2.79. The molecular weight excluding hydrogens is 236 g/mol. The van der Waals surface area contributed by atoms with Crippen LogP contribution < -0.4 is 5.32 Å². The molecule has 3 N–H and O–H groups in total. The molecule has 0 aliphatic rings. The van der Waals surface area contributed by atoms with Gasteiger partial charge >= 0.3 is 0 Å². The second kappa shape index (κ2) is 5.16. The predicted molar refractivity (Wildman–Crippen MR) is 68.5 cm³/mol. The first-order valence-electron chi connectivity index (χ1n) is 5.32. The minimum atomic E-state index is -0.719. The van der Waals surface area contributed by atoms with Crippen molar-refractivity contribution in [2.75, 3.05) is 11.9 Å². The highest BCUT2D eigenvalue weighted by Gasteiger charge is 2.10. The van der Waals surface area contributed by atoms with Crippen LogP contribution in [0.4, 0.5) is 5.69 Å². The van der Waals surface area contributed by atoms with Crippen LogP contribution in [0.2, 0.25) is 0 Å². The maximum atomic E-state index is 9.84. The van der Waals surface area contributed by atoms with Gasteiger partial charge in [-0.25, -0.2) is 0 Å². The third-order valence-electron chi connectivity index (χ3n) is 2.39. The number of H-pyrrole nitrogens is 1. The first-order chi connectivity index (χ1) is 8.15. The third kappa shape index (κ3) is 3.18. The van der Waals surface area contributed by atoms with E-state index in [1.165, 1.54) is 5.56 Å². The van der Waals surface area contributed by atoms with Gasteiger partial charge in [-0.2, -0.15) is 0 Å². The van der Waals surface area contributed by atoms with Crippen LogP contribution in [0, 0.1) is 11.8 Å². The Morgan fingerprint density at radius 3 is 3.00 bits per heavy atom. The summed E-state index contributed by atoms with van der Waals surface area (Å²) in [5.74, 6) is 0.440. The molecule has 2 rings (SSSR count). The van der Waals surface area contributed by atoms with Gasteiger partial charge in [0.2, 0.25) is 0 Å². The van der Waals surface area contributed by atoms with Crippen LogP contribution in [0.25, 0.3) is 0 Å². The molecular formula is C12H14N2O2S. The molecule has 0 bridgehead atoms. The van der Waals surface area contributed by atoms with Gasteiger partial charge in [-0.1, -0.05) is 12.1 Å². The van der Waals surface area contributed by atoms with E-state index in [2.05, 4.69) is 10.3 Å². The van der Waals surface area contributed by atoms with Crippen molar-refractivity contribution in [1.82, 2.24) is 4.98 Å². The molecule has 0 saturated heterocycles. The van der Waals surface area contributed by atoms with Crippen molar-refractivity contribution in [2.24, 2.45) is 0 Å². The summed E-state index contributed by atoms with van der Waals surface area (Å²) in [4.78, 5) is 2.99. The average Bonchev–Trinajstić information content (AvgIpc) is 2.73. The summed E-state index contributed by atoms with van der Waals surface area (Å²) >= 11 is 4.79. The van der Waals surface area contributed by atoms with E-state index in [4.69, 9.17) is 16.6 Å². The highest BCUT2D eigenvalue weighted by Crippen LogP contribution is 2.15. The van der Waals surface area contributed by atoms with Gasteiger partial charge in [-0.05, 0) is 36.8 Å². The highest BCUT2D eigenvalue weighted by molar-refractivity contribution is 7.71. The highest BCUT2D eigenvalue weighted by atomic mass is 32.1. The number of aromatic amines is 1. The molecule has 1 aromatic carbocycles. The summed E-state index contributed by atoms with van der Waals surface area (Å²) in [6.45, 7) is 2.39. The zero-order valence-corrected chi connectivity index (χ0v) is 10.3. The zero-order chi connectivity index (χ0) is 12.3. The Morgan fingerprint density at radius 2 is 2.35 bits per heavy atom. The summed E-state index contributed by atoms with van der Waals surface area (Å²) in [5, 5.41) is 13.0. The smallest absolute Gasteiger partial charge is 0.266 e. The van der Waals surface area contributed by atoms with Crippen LogP contribution >= 0.6 is 12.2 Å². The fourth-order valence-corrected chi connectivity index (χ4v) is 1.69. The number of aromatic nitrogens is 1. The fraction of sp³-hybridized carbons (Fsp3) is 0.250. The molecule has 2 aromatic rings. The monoisotopic (exact) mass is 250 g/mol. The Morgan fingerprint density at radius 1 is 1.53 bits per heavy atom. The van der Waals surface area contributed by atoms with Crippen molar-refractivity contribution >= 4 is 17.9 Å². The number of oxazole rings is 1. The van der Waals surface area contributed by atoms with Gasteiger partial charge in [0.1, 0.15) is 6.10 Å². The summed E-state index contributed by atoms with van der Waals surface area (Å²) < 4.78 is 5.13. The van der Waals surface area contributed by atoms with Gasteiger partial charge < -0.3 is 19.8 Å². The van der Waals surface area contributed by atoms with Gasteiger partial charge in [0.15, 0.2) is 5.76 Å². The lowest BCUT2D eigenvalue weighted by Gasteiger charge is -2.10. The van der Waals surface area contributed by atoms with E-state index < -0.39 is 6.10 Å². The first-order valence-corrected chi connectivity index (χ1v) is 5.73. The molecule has 90 valence electrons. The Kier molecular flexibility index (Phi) is 3.61. The van der Waals surface area contributed by atoms with Crippen LogP contribution in [0.1, 0.15) is 17.4 Å².